The van der Waals surface area contributed by atoms with E-state index in [0.29, 0.717) is 35.9 Å². The van der Waals surface area contributed by atoms with Gasteiger partial charge in [-0.25, -0.2) is 9.37 Å². The number of hydrogen-bond acceptors (Lipinski definition) is 6. The molecule has 7 heteroatoms. The van der Waals surface area contributed by atoms with E-state index in [-0.39, 0.29) is 5.75 Å². The maximum Gasteiger partial charge on any atom is 0.165 e. The van der Waals surface area contributed by atoms with Gasteiger partial charge in [-0.3, -0.25) is 4.98 Å². The number of anilines is 2. The number of fused-ring (bicyclic) bond motifs is 1. The van der Waals surface area contributed by atoms with Crippen molar-refractivity contribution in [3.05, 3.63) is 78.2 Å². The summed E-state index contributed by atoms with van der Waals surface area (Å²) in [4.78, 5) is 11.0. The molecular formula is C26H28FN5O. The van der Waals surface area contributed by atoms with Gasteiger partial charge in [0, 0.05) is 30.2 Å². The van der Waals surface area contributed by atoms with Crippen LogP contribution in [-0.2, 0) is 6.54 Å². The third kappa shape index (κ3) is 5.75. The Morgan fingerprint density at radius 1 is 1.06 bits per heavy atom. The lowest BCUT2D eigenvalue weighted by Gasteiger charge is -2.13. The van der Waals surface area contributed by atoms with Crippen molar-refractivity contribution >= 4 is 22.4 Å². The van der Waals surface area contributed by atoms with Crippen molar-refractivity contribution in [2.75, 3.05) is 38.3 Å². The zero-order valence-electron chi connectivity index (χ0n) is 18.9. The van der Waals surface area contributed by atoms with E-state index in [1.807, 2.05) is 44.4 Å². The van der Waals surface area contributed by atoms with E-state index >= 15 is 0 Å². The van der Waals surface area contributed by atoms with Crippen LogP contribution in [0.2, 0.25) is 0 Å². The molecule has 2 aromatic heterocycles. The Labute approximate surface area is 193 Å². The highest BCUT2D eigenvalue weighted by Gasteiger charge is 2.10. The van der Waals surface area contributed by atoms with E-state index in [4.69, 9.17) is 10.5 Å². The fourth-order valence-corrected chi connectivity index (χ4v) is 3.53. The molecule has 0 amide bonds. The fraction of sp³-hybridized carbons (Fsp3) is 0.231. The van der Waals surface area contributed by atoms with Gasteiger partial charge in [-0.1, -0.05) is 12.1 Å². The molecule has 6 nitrogen and oxygen atoms in total. The van der Waals surface area contributed by atoms with E-state index in [9.17, 15) is 4.39 Å². The van der Waals surface area contributed by atoms with E-state index in [0.717, 1.165) is 29.4 Å². The van der Waals surface area contributed by atoms with Crippen molar-refractivity contribution in [1.29, 1.82) is 0 Å². The van der Waals surface area contributed by atoms with Crippen molar-refractivity contribution in [3.8, 4) is 17.0 Å². The minimum atomic E-state index is -0.407. The van der Waals surface area contributed by atoms with Gasteiger partial charge >= 0.3 is 0 Å². The van der Waals surface area contributed by atoms with Gasteiger partial charge in [0.2, 0.25) is 0 Å². The van der Waals surface area contributed by atoms with Gasteiger partial charge in [-0.05, 0) is 74.6 Å². The molecule has 0 unspecified atom stereocenters. The molecule has 0 saturated heterocycles. The first kappa shape index (κ1) is 22.5. The van der Waals surface area contributed by atoms with Gasteiger partial charge in [-0.2, -0.15) is 0 Å². The number of rotatable bonds is 9. The number of halogens is 1. The Morgan fingerprint density at radius 3 is 2.76 bits per heavy atom. The number of aromatic nitrogens is 2. The number of pyridine rings is 2. The van der Waals surface area contributed by atoms with Crippen LogP contribution in [0, 0.1) is 5.82 Å². The number of benzene rings is 2. The molecule has 0 saturated carbocycles. The summed E-state index contributed by atoms with van der Waals surface area (Å²) < 4.78 is 20.2. The molecule has 4 rings (SSSR count). The molecule has 33 heavy (non-hydrogen) atoms. The molecule has 0 atom stereocenters. The van der Waals surface area contributed by atoms with Crippen LogP contribution < -0.4 is 15.8 Å². The summed E-state index contributed by atoms with van der Waals surface area (Å²) in [5, 5.41) is 4.37. The number of nitrogens with zero attached hydrogens (tertiary/aromatic N) is 3. The zero-order chi connectivity index (χ0) is 23.2. The monoisotopic (exact) mass is 445 g/mol. The van der Waals surface area contributed by atoms with Gasteiger partial charge in [0.1, 0.15) is 5.82 Å². The highest BCUT2D eigenvalue weighted by atomic mass is 19.1. The molecule has 2 heterocycles. The van der Waals surface area contributed by atoms with Crippen LogP contribution in [0.4, 0.5) is 15.9 Å². The fourth-order valence-electron chi connectivity index (χ4n) is 3.53. The number of nitrogen functional groups attached to an aromatic ring is 1. The van der Waals surface area contributed by atoms with E-state index < -0.39 is 5.82 Å². The smallest absolute Gasteiger partial charge is 0.165 e. The molecule has 0 spiro atoms. The van der Waals surface area contributed by atoms with Crippen LogP contribution in [0.25, 0.3) is 22.2 Å². The van der Waals surface area contributed by atoms with Crippen LogP contribution in [0.3, 0.4) is 0 Å². The lowest BCUT2D eigenvalue weighted by Crippen LogP contribution is -2.15. The molecule has 0 aliphatic rings. The second-order valence-corrected chi connectivity index (χ2v) is 8.17. The molecule has 0 radical (unpaired) electrons. The van der Waals surface area contributed by atoms with Crippen molar-refractivity contribution in [2.24, 2.45) is 0 Å². The van der Waals surface area contributed by atoms with Crippen LogP contribution >= 0.6 is 0 Å². The average molecular weight is 446 g/mol. The van der Waals surface area contributed by atoms with Crippen LogP contribution in [-0.4, -0.2) is 42.1 Å². The maximum atomic E-state index is 14.6. The van der Waals surface area contributed by atoms with Gasteiger partial charge in [-0.15, -0.1) is 0 Å². The third-order valence-corrected chi connectivity index (χ3v) is 5.29. The maximum absolute atomic E-state index is 14.6. The SMILES string of the molecule is CN(C)CCCOc1ccc(-c2ccc(N)c(NCc3ccc4ncccc4c3)n2)cc1F. The summed E-state index contributed by atoms with van der Waals surface area (Å²) in [6.45, 7) is 1.91. The predicted octanol–water partition coefficient (Wildman–Crippen LogP) is 4.96. The van der Waals surface area contributed by atoms with Crippen molar-refractivity contribution < 1.29 is 9.13 Å². The van der Waals surface area contributed by atoms with Crippen LogP contribution in [0.15, 0.2) is 66.9 Å². The Balaban J connectivity index is 1.45. The summed E-state index contributed by atoms with van der Waals surface area (Å²) >= 11 is 0. The molecule has 0 fully saturated rings. The van der Waals surface area contributed by atoms with Gasteiger partial charge in [0.05, 0.1) is 23.5 Å². The predicted molar refractivity (Wildman–Crippen MR) is 132 cm³/mol. The Kier molecular flexibility index (Phi) is 7.00. The van der Waals surface area contributed by atoms with E-state index in [1.165, 1.54) is 6.07 Å². The number of nitrogens with one attached hydrogen (secondary N) is 1. The van der Waals surface area contributed by atoms with Gasteiger partial charge < -0.3 is 20.7 Å². The molecule has 0 aliphatic heterocycles. The molecule has 170 valence electrons. The molecule has 2 aromatic carbocycles. The summed E-state index contributed by atoms with van der Waals surface area (Å²) in [6, 6.07) is 18.5. The minimum absolute atomic E-state index is 0.247. The Morgan fingerprint density at radius 2 is 1.94 bits per heavy atom. The number of ether oxygens (including phenoxy) is 1. The number of hydrogen-bond donors (Lipinski definition) is 2. The summed E-state index contributed by atoms with van der Waals surface area (Å²) in [7, 11) is 3.99. The lowest BCUT2D eigenvalue weighted by molar-refractivity contribution is 0.271. The van der Waals surface area contributed by atoms with Crippen molar-refractivity contribution in [1.82, 2.24) is 14.9 Å². The van der Waals surface area contributed by atoms with Gasteiger partial charge in [0.25, 0.3) is 0 Å². The Hall–Kier alpha value is -3.71. The topological polar surface area (TPSA) is 76.3 Å². The van der Waals surface area contributed by atoms with Gasteiger partial charge in [0.15, 0.2) is 11.6 Å². The molecule has 4 aromatic rings. The second kappa shape index (κ2) is 10.3. The average Bonchev–Trinajstić information content (AvgIpc) is 2.82. The first-order valence-electron chi connectivity index (χ1n) is 10.9. The highest BCUT2D eigenvalue weighted by molar-refractivity contribution is 5.79. The first-order valence-corrected chi connectivity index (χ1v) is 10.9. The quantitative estimate of drug-likeness (QED) is 0.355. The summed E-state index contributed by atoms with van der Waals surface area (Å²) in [5.41, 5.74) is 9.99. The Bertz CT molecular complexity index is 1240. The highest BCUT2D eigenvalue weighted by Crippen LogP contribution is 2.28. The largest absolute Gasteiger partial charge is 0.490 e. The summed E-state index contributed by atoms with van der Waals surface area (Å²) in [5.74, 6) is 0.399. The minimum Gasteiger partial charge on any atom is -0.490 e. The molecular weight excluding hydrogens is 417 g/mol. The second-order valence-electron chi connectivity index (χ2n) is 8.17. The third-order valence-electron chi connectivity index (χ3n) is 5.29. The van der Waals surface area contributed by atoms with Crippen molar-refractivity contribution in [2.45, 2.75) is 13.0 Å². The zero-order valence-corrected chi connectivity index (χ0v) is 18.9. The molecule has 0 aliphatic carbocycles. The lowest BCUT2D eigenvalue weighted by atomic mass is 10.1. The standard InChI is InChI=1S/C26H28FN5O/c1-32(2)13-4-14-33-25-11-7-20(16-21(25)27)24-10-8-22(28)26(31-24)30-17-18-6-9-23-19(15-18)5-3-12-29-23/h3,5-12,15-16H,4,13-14,17,28H2,1-2H3,(H,30,31). The molecule has 0 bridgehead atoms. The van der Waals surface area contributed by atoms with E-state index in [1.54, 1.807) is 24.4 Å². The molecule has 3 N–H and O–H groups in total. The van der Waals surface area contributed by atoms with E-state index in [2.05, 4.69) is 26.3 Å². The number of nitrogens with two attached hydrogens (primary N) is 1. The normalized spacial score (nSPS) is 11.2. The first-order chi connectivity index (χ1) is 16.0. The van der Waals surface area contributed by atoms with Crippen LogP contribution in [0.5, 0.6) is 5.75 Å². The van der Waals surface area contributed by atoms with Crippen molar-refractivity contribution in [3.63, 3.8) is 0 Å². The van der Waals surface area contributed by atoms with Crippen LogP contribution in [0.1, 0.15) is 12.0 Å². The summed E-state index contributed by atoms with van der Waals surface area (Å²) in [6.07, 6.45) is 2.61.